The minimum absolute atomic E-state index is 0.112. The van der Waals surface area contributed by atoms with E-state index in [1.807, 2.05) is 30.3 Å². The second kappa shape index (κ2) is 19.2. The van der Waals surface area contributed by atoms with Gasteiger partial charge in [-0.05, 0) is 105 Å². The van der Waals surface area contributed by atoms with Gasteiger partial charge in [-0.2, -0.15) is 0 Å². The summed E-state index contributed by atoms with van der Waals surface area (Å²) >= 11 is 0. The highest BCUT2D eigenvalue weighted by molar-refractivity contribution is 6.03. The fraction of sp³-hybridized carbons (Fsp3) is 0.431. The van der Waals surface area contributed by atoms with E-state index < -0.39 is 5.97 Å². The first kappa shape index (κ1) is 42.8. The summed E-state index contributed by atoms with van der Waals surface area (Å²) < 4.78 is 32.5. The van der Waals surface area contributed by atoms with E-state index in [-0.39, 0.29) is 17.8 Å². The zero-order valence-electron chi connectivity index (χ0n) is 37.0. The van der Waals surface area contributed by atoms with Crippen LogP contribution in [0.25, 0.3) is 17.0 Å². The molecule has 0 radical (unpaired) electrons. The van der Waals surface area contributed by atoms with Crippen LogP contribution in [0.4, 0.5) is 5.69 Å². The van der Waals surface area contributed by atoms with Gasteiger partial charge in [0.25, 0.3) is 0 Å². The largest absolute Gasteiger partial charge is 0.491 e. The molecule has 0 bridgehead atoms. The number of carboxylic acid groups (broad SMARTS) is 1. The number of anilines is 1. The van der Waals surface area contributed by atoms with Gasteiger partial charge in [0.05, 0.1) is 44.2 Å². The molecule has 5 aliphatic heterocycles. The molecule has 1 N–H and O–H groups in total. The minimum atomic E-state index is -1.05. The number of Topliss-reactive ketones (excluding diaryl/α,β-unsaturated/α-hetero) is 1. The van der Waals surface area contributed by atoms with Crippen molar-refractivity contribution in [1.82, 2.24) is 25.0 Å². The van der Waals surface area contributed by atoms with Crippen LogP contribution in [-0.2, 0) is 39.9 Å². The van der Waals surface area contributed by atoms with Crippen molar-refractivity contribution >= 4 is 23.0 Å². The Morgan fingerprint density at radius 1 is 0.723 bits per heavy atom. The first-order valence-electron chi connectivity index (χ1n) is 23.3. The molecular weight excluding hydrogens is 825 g/mol. The Hall–Kier alpha value is -6.09. The van der Waals surface area contributed by atoms with Crippen molar-refractivity contribution in [2.45, 2.75) is 71.1 Å². The summed E-state index contributed by atoms with van der Waals surface area (Å²) in [6.45, 7) is 8.78. The van der Waals surface area contributed by atoms with E-state index >= 15 is 0 Å². The van der Waals surface area contributed by atoms with Crippen LogP contribution < -0.4 is 29.5 Å². The number of aromatic nitrogens is 4. The number of benzene rings is 4. The van der Waals surface area contributed by atoms with Gasteiger partial charge in [0.1, 0.15) is 36.9 Å². The van der Waals surface area contributed by atoms with E-state index in [4.69, 9.17) is 23.7 Å². The molecule has 0 amide bonds. The van der Waals surface area contributed by atoms with E-state index in [0.717, 1.165) is 111 Å². The molecule has 65 heavy (non-hydrogen) atoms. The Morgan fingerprint density at radius 2 is 1.42 bits per heavy atom. The zero-order chi connectivity index (χ0) is 44.3. The lowest BCUT2D eigenvalue weighted by molar-refractivity contribution is 0.00890. The molecule has 1 aromatic heterocycles. The van der Waals surface area contributed by atoms with Gasteiger partial charge in [-0.15, -0.1) is 20.4 Å². The number of carboxylic acids is 1. The molecule has 14 nitrogen and oxygen atoms in total. The first-order chi connectivity index (χ1) is 31.9. The number of hydrogen-bond acceptors (Lipinski definition) is 12. The van der Waals surface area contributed by atoms with E-state index in [1.54, 1.807) is 19.1 Å². The third kappa shape index (κ3) is 8.86. The van der Waals surface area contributed by atoms with Crippen molar-refractivity contribution in [3.05, 3.63) is 116 Å². The third-order valence-electron chi connectivity index (χ3n) is 13.2. The van der Waals surface area contributed by atoms with Gasteiger partial charge >= 0.3 is 5.97 Å². The van der Waals surface area contributed by atoms with Gasteiger partial charge in [0.2, 0.25) is 11.2 Å². The third-order valence-corrected chi connectivity index (χ3v) is 13.2. The van der Waals surface area contributed by atoms with Crippen LogP contribution in [0.1, 0.15) is 98.4 Å². The molecule has 10 rings (SSSR count). The van der Waals surface area contributed by atoms with Gasteiger partial charge < -0.3 is 33.7 Å². The number of carbonyl (C=O) groups excluding carboxylic acids is 1. The predicted molar refractivity (Wildman–Crippen MR) is 243 cm³/mol. The number of hydrogen-bond donors (Lipinski definition) is 1. The van der Waals surface area contributed by atoms with Crippen molar-refractivity contribution in [3.8, 4) is 28.6 Å². The van der Waals surface area contributed by atoms with E-state index in [0.29, 0.717) is 81.2 Å². The SMILES string of the molecule is Cc1nnc(-c2ccc(OCCOCCOCCOCCCC(=O)c3ccc(C4=c5cc6c7c(c5Oc5c4cc4c8c5CCCN8CCC4)CCC[N+]=7CCC6)c(C(=O)O)c3)cc2)nn1. The van der Waals surface area contributed by atoms with Crippen molar-refractivity contribution in [2.24, 2.45) is 0 Å². The van der Waals surface area contributed by atoms with Crippen molar-refractivity contribution in [1.29, 1.82) is 0 Å². The summed E-state index contributed by atoms with van der Waals surface area (Å²) in [5, 5.41) is 29.1. The fourth-order valence-electron chi connectivity index (χ4n) is 10.3. The monoisotopic (exact) mass is 879 g/mol. The number of ketones is 1. The molecule has 0 saturated heterocycles. The molecule has 5 aromatic rings. The summed E-state index contributed by atoms with van der Waals surface area (Å²) in [6.07, 6.45) is 8.89. The number of fused-ring (bicyclic) bond motifs is 4. The molecule has 0 saturated carbocycles. The highest BCUT2D eigenvalue weighted by Gasteiger charge is 2.36. The van der Waals surface area contributed by atoms with Gasteiger partial charge in [0, 0.05) is 83.3 Å². The lowest BCUT2D eigenvalue weighted by Crippen LogP contribution is -2.45. The Bertz CT molecular complexity index is 2750. The van der Waals surface area contributed by atoms with E-state index in [2.05, 4.69) is 42.0 Å². The lowest BCUT2D eigenvalue weighted by Gasteiger charge is -2.39. The Labute approximate surface area is 377 Å². The standard InChI is InChI=1S/C51H54N6O8/c1-32-52-54-50(55-53-32)33-12-15-37(16-13-33)64-28-27-63-26-25-62-24-23-61-22-6-11-44(58)34-14-17-38(41(29-34)51(59)60)45-42-30-35-7-2-18-56-20-4-9-39(46(35)56)48(42)65-49-40-10-5-21-57-19-3-8-36(47(40)57)31-43(45)49/h12-17,29-31H,2-11,18-28H2,1H3/p+1. The Balaban J connectivity index is 0.751. The van der Waals surface area contributed by atoms with Gasteiger partial charge in [0.15, 0.2) is 11.6 Å². The maximum atomic E-state index is 13.6. The number of carbonyl (C=O) groups is 2. The molecule has 0 unspecified atom stereocenters. The molecule has 0 fully saturated rings. The molecular formula is C51H55N6O8+. The number of aryl methyl sites for hydroxylation is 3. The van der Waals surface area contributed by atoms with Crippen molar-refractivity contribution in [3.63, 3.8) is 0 Å². The van der Waals surface area contributed by atoms with Crippen LogP contribution in [0.5, 0.6) is 17.2 Å². The minimum Gasteiger partial charge on any atom is -0.491 e. The Morgan fingerprint density at radius 3 is 2.18 bits per heavy atom. The highest BCUT2D eigenvalue weighted by Crippen LogP contribution is 2.49. The number of rotatable bonds is 18. The van der Waals surface area contributed by atoms with E-state index in [9.17, 15) is 14.7 Å². The molecule has 336 valence electrons. The molecule has 5 aliphatic rings. The maximum absolute atomic E-state index is 13.6. The lowest BCUT2D eigenvalue weighted by atomic mass is 9.81. The summed E-state index contributed by atoms with van der Waals surface area (Å²) in [7, 11) is 0. The van der Waals surface area contributed by atoms with Crippen LogP contribution in [0, 0.1) is 6.92 Å². The second-order valence-corrected chi connectivity index (χ2v) is 17.4. The van der Waals surface area contributed by atoms with Crippen LogP contribution in [-0.4, -0.2) is 110 Å². The average Bonchev–Trinajstić information content (AvgIpc) is 3.33. The molecule has 0 aliphatic carbocycles. The van der Waals surface area contributed by atoms with Crippen LogP contribution in [0.2, 0.25) is 0 Å². The number of nitrogens with zero attached hydrogens (tertiary/aromatic N) is 6. The fourth-order valence-corrected chi connectivity index (χ4v) is 10.3. The molecule has 6 heterocycles. The zero-order valence-corrected chi connectivity index (χ0v) is 37.0. The highest BCUT2D eigenvalue weighted by atomic mass is 16.6. The number of ether oxygens (including phenoxy) is 5. The van der Waals surface area contributed by atoms with Crippen molar-refractivity contribution in [2.75, 3.05) is 77.3 Å². The van der Waals surface area contributed by atoms with Crippen LogP contribution in [0.15, 0.2) is 54.6 Å². The summed E-state index contributed by atoms with van der Waals surface area (Å²) in [5.41, 5.74) is 10.3. The van der Waals surface area contributed by atoms with Crippen LogP contribution in [0.3, 0.4) is 0 Å². The predicted octanol–water partition coefficient (Wildman–Crippen LogP) is 5.47. The van der Waals surface area contributed by atoms with Gasteiger partial charge in [-0.3, -0.25) is 4.79 Å². The van der Waals surface area contributed by atoms with E-state index in [1.165, 1.54) is 33.3 Å². The second-order valence-electron chi connectivity index (χ2n) is 17.4. The van der Waals surface area contributed by atoms with Gasteiger partial charge in [-0.25, -0.2) is 9.37 Å². The molecule has 0 spiro atoms. The summed E-state index contributed by atoms with van der Waals surface area (Å²) in [6, 6.07) is 17.2. The summed E-state index contributed by atoms with van der Waals surface area (Å²) in [5.74, 6) is 2.28. The average molecular weight is 880 g/mol. The smallest absolute Gasteiger partial charge is 0.336 e. The normalized spacial score (nSPS) is 15.7. The van der Waals surface area contributed by atoms with Crippen molar-refractivity contribution < 1.29 is 38.4 Å². The first-order valence-corrected chi connectivity index (χ1v) is 23.3. The summed E-state index contributed by atoms with van der Waals surface area (Å²) in [4.78, 5) is 29.3. The molecule has 0 atom stereocenters. The molecule has 14 heteroatoms. The van der Waals surface area contributed by atoms with Gasteiger partial charge in [-0.1, -0.05) is 12.1 Å². The molecule has 4 aromatic carbocycles. The number of aromatic carboxylic acids is 1. The van der Waals surface area contributed by atoms with Crippen LogP contribution >= 0.6 is 0 Å². The Kier molecular flexibility index (Phi) is 12.6. The topological polar surface area (TPSA) is 158 Å². The maximum Gasteiger partial charge on any atom is 0.336 e. The quantitative estimate of drug-likeness (QED) is 0.0660.